The minimum absolute atomic E-state index is 0.688. The molecule has 0 radical (unpaired) electrons. The maximum absolute atomic E-state index is 8.43. The molecule has 1 N–H and O–H groups in total. The van der Waals surface area contributed by atoms with Crippen LogP contribution < -0.4 is 0 Å². The molecule has 54 valence electrons. The number of hydrogen-bond donors (Lipinski definition) is 1. The van der Waals surface area contributed by atoms with Gasteiger partial charge in [0.2, 0.25) is 0 Å². The third kappa shape index (κ3) is 1.19. The van der Waals surface area contributed by atoms with Gasteiger partial charge in [-0.05, 0) is 30.9 Å². The van der Waals surface area contributed by atoms with Crippen LogP contribution in [0.5, 0.6) is 0 Å². The molecule has 0 aliphatic carbocycles. The summed E-state index contributed by atoms with van der Waals surface area (Å²) in [5, 5.41) is 13.5. The van der Waals surface area contributed by atoms with Gasteiger partial charge in [-0.3, -0.25) is 0 Å². The molecule has 2 nitrogen and oxygen atoms in total. The van der Waals surface area contributed by atoms with Crippen LogP contribution >= 0.6 is 11.3 Å². The lowest BCUT2D eigenvalue weighted by Gasteiger charge is -1.92. The first-order valence-electron chi connectivity index (χ1n) is 2.99. The minimum Gasteiger partial charge on any atom is -0.411 e. The fraction of sp³-hybridized carbons (Fsp3) is 0.286. The summed E-state index contributed by atoms with van der Waals surface area (Å²) < 4.78 is 0. The third-order valence-electron chi connectivity index (χ3n) is 1.34. The summed E-state index contributed by atoms with van der Waals surface area (Å²) >= 11 is 1.59. The fourth-order valence-corrected chi connectivity index (χ4v) is 1.66. The molecule has 0 fully saturated rings. The molecule has 0 unspecified atom stereocenters. The van der Waals surface area contributed by atoms with E-state index < -0.39 is 0 Å². The highest BCUT2D eigenvalue weighted by Crippen LogP contribution is 2.15. The Balaban J connectivity index is 3.05. The molecule has 0 aliphatic heterocycles. The molecule has 10 heavy (non-hydrogen) atoms. The molecule has 3 heteroatoms. The number of hydrogen-bond acceptors (Lipinski definition) is 3. The van der Waals surface area contributed by atoms with Crippen LogP contribution in [0.15, 0.2) is 16.6 Å². The highest BCUT2D eigenvalue weighted by molar-refractivity contribution is 7.12. The number of rotatable bonds is 1. The van der Waals surface area contributed by atoms with E-state index in [0.29, 0.717) is 5.71 Å². The highest BCUT2D eigenvalue weighted by atomic mass is 32.1. The Kier molecular flexibility index (Phi) is 2.06. The summed E-state index contributed by atoms with van der Waals surface area (Å²) in [6, 6.07) is 2.01. The first-order chi connectivity index (χ1) is 4.75. The summed E-state index contributed by atoms with van der Waals surface area (Å²) in [6.07, 6.45) is 0. The second-order valence-electron chi connectivity index (χ2n) is 2.12. The van der Waals surface area contributed by atoms with Gasteiger partial charge < -0.3 is 5.21 Å². The van der Waals surface area contributed by atoms with Gasteiger partial charge >= 0.3 is 0 Å². The summed E-state index contributed by atoms with van der Waals surface area (Å²) in [4.78, 5) is 1.06. The maximum atomic E-state index is 8.43. The zero-order valence-corrected chi connectivity index (χ0v) is 6.77. The molecule has 1 rings (SSSR count). The normalized spacial score (nSPS) is 12.0. The number of thiophene rings is 1. The van der Waals surface area contributed by atoms with Crippen molar-refractivity contribution >= 4 is 17.0 Å². The van der Waals surface area contributed by atoms with E-state index in [2.05, 4.69) is 5.16 Å². The van der Waals surface area contributed by atoms with Crippen LogP contribution in [0.2, 0.25) is 0 Å². The lowest BCUT2D eigenvalue weighted by molar-refractivity contribution is 0.319. The second kappa shape index (κ2) is 2.84. The minimum atomic E-state index is 0.688. The Morgan fingerprint density at radius 1 is 1.70 bits per heavy atom. The first-order valence-corrected chi connectivity index (χ1v) is 3.87. The number of oxime groups is 1. The van der Waals surface area contributed by atoms with Crippen molar-refractivity contribution in [2.45, 2.75) is 13.8 Å². The molecular formula is C7H9NOS. The van der Waals surface area contributed by atoms with Crippen molar-refractivity contribution in [3.8, 4) is 0 Å². The van der Waals surface area contributed by atoms with Gasteiger partial charge in [0.25, 0.3) is 0 Å². The van der Waals surface area contributed by atoms with Gasteiger partial charge in [0.1, 0.15) is 0 Å². The van der Waals surface area contributed by atoms with Crippen molar-refractivity contribution in [2.75, 3.05) is 0 Å². The van der Waals surface area contributed by atoms with E-state index in [1.165, 1.54) is 5.56 Å². The molecule has 1 aromatic heterocycles. The van der Waals surface area contributed by atoms with Crippen molar-refractivity contribution < 1.29 is 5.21 Å². The van der Waals surface area contributed by atoms with Crippen LogP contribution in [-0.2, 0) is 0 Å². The smallest absolute Gasteiger partial charge is 0.0939 e. The van der Waals surface area contributed by atoms with Crippen molar-refractivity contribution in [3.63, 3.8) is 0 Å². The zero-order chi connectivity index (χ0) is 7.56. The van der Waals surface area contributed by atoms with E-state index in [9.17, 15) is 0 Å². The Morgan fingerprint density at radius 3 is 2.80 bits per heavy atom. The summed E-state index contributed by atoms with van der Waals surface area (Å²) in [6.45, 7) is 3.79. The van der Waals surface area contributed by atoms with E-state index in [4.69, 9.17) is 5.21 Å². The number of nitrogens with zero attached hydrogens (tertiary/aromatic N) is 1. The molecule has 1 heterocycles. The maximum Gasteiger partial charge on any atom is 0.0939 e. The van der Waals surface area contributed by atoms with Gasteiger partial charge in [-0.15, -0.1) is 11.3 Å². The molecule has 0 bridgehead atoms. The van der Waals surface area contributed by atoms with Gasteiger partial charge in [-0.1, -0.05) is 5.16 Å². The molecule has 0 atom stereocenters. The van der Waals surface area contributed by atoms with Gasteiger partial charge in [0.05, 0.1) is 10.6 Å². The van der Waals surface area contributed by atoms with E-state index in [0.717, 1.165) is 4.88 Å². The van der Waals surface area contributed by atoms with Gasteiger partial charge in [0.15, 0.2) is 0 Å². The topological polar surface area (TPSA) is 32.6 Å². The third-order valence-corrected chi connectivity index (χ3v) is 2.47. The van der Waals surface area contributed by atoms with Crippen LogP contribution in [0.3, 0.4) is 0 Å². The molecule has 0 spiro atoms. The molecule has 0 amide bonds. The first kappa shape index (κ1) is 7.28. The summed E-state index contributed by atoms with van der Waals surface area (Å²) in [5.41, 5.74) is 1.85. The standard InChI is InChI=1S/C7H9NOS/c1-5-3-4-10-7(5)6(2)8-9/h3-4,9H,1-2H3/b8-6+. The Bertz CT molecular complexity index is 252. The second-order valence-corrected chi connectivity index (χ2v) is 3.03. The van der Waals surface area contributed by atoms with Gasteiger partial charge in [-0.2, -0.15) is 0 Å². The average Bonchev–Trinajstić information content (AvgIpc) is 2.34. The Morgan fingerprint density at radius 2 is 2.40 bits per heavy atom. The van der Waals surface area contributed by atoms with Crippen LogP contribution in [0.25, 0.3) is 0 Å². The highest BCUT2D eigenvalue weighted by Gasteiger charge is 2.01. The zero-order valence-electron chi connectivity index (χ0n) is 5.96. The SMILES string of the molecule is C/C(=N\O)c1sccc1C. The monoisotopic (exact) mass is 155 g/mol. The largest absolute Gasteiger partial charge is 0.411 e. The molecule has 0 aromatic carbocycles. The van der Waals surface area contributed by atoms with E-state index in [1.807, 2.05) is 18.4 Å². The predicted molar refractivity (Wildman–Crippen MR) is 43.1 cm³/mol. The van der Waals surface area contributed by atoms with Crippen LogP contribution in [-0.4, -0.2) is 10.9 Å². The van der Waals surface area contributed by atoms with Crippen LogP contribution in [0.4, 0.5) is 0 Å². The van der Waals surface area contributed by atoms with Crippen molar-refractivity contribution in [2.24, 2.45) is 5.16 Å². The summed E-state index contributed by atoms with van der Waals surface area (Å²) in [7, 11) is 0. The molecule has 1 aromatic rings. The van der Waals surface area contributed by atoms with Crippen LogP contribution in [0, 0.1) is 6.92 Å². The van der Waals surface area contributed by atoms with Crippen molar-refractivity contribution in [1.82, 2.24) is 0 Å². The Labute approximate surface area is 63.8 Å². The predicted octanol–water partition coefficient (Wildman–Crippen LogP) is 2.25. The number of aryl methyl sites for hydroxylation is 1. The Hall–Kier alpha value is -0.830. The quantitative estimate of drug-likeness (QED) is 0.376. The fourth-order valence-electron chi connectivity index (χ4n) is 0.789. The lowest BCUT2D eigenvalue weighted by Crippen LogP contribution is -1.91. The van der Waals surface area contributed by atoms with Crippen LogP contribution in [0.1, 0.15) is 17.4 Å². The van der Waals surface area contributed by atoms with E-state index in [1.54, 1.807) is 18.3 Å². The molecule has 0 saturated carbocycles. The van der Waals surface area contributed by atoms with E-state index >= 15 is 0 Å². The summed E-state index contributed by atoms with van der Waals surface area (Å²) in [5.74, 6) is 0. The van der Waals surface area contributed by atoms with E-state index in [-0.39, 0.29) is 0 Å². The van der Waals surface area contributed by atoms with Gasteiger partial charge in [0, 0.05) is 0 Å². The lowest BCUT2D eigenvalue weighted by atomic mass is 10.2. The molecule has 0 aliphatic rings. The molecule has 0 saturated heterocycles. The van der Waals surface area contributed by atoms with Crippen molar-refractivity contribution in [1.29, 1.82) is 0 Å². The van der Waals surface area contributed by atoms with Crippen molar-refractivity contribution in [3.05, 3.63) is 21.9 Å². The van der Waals surface area contributed by atoms with Gasteiger partial charge in [-0.25, -0.2) is 0 Å². The average molecular weight is 155 g/mol. The molecular weight excluding hydrogens is 146 g/mol.